The number of nitrogens with zero attached hydrogens (tertiary/aromatic N) is 4. The molecule has 1 saturated heterocycles. The summed E-state index contributed by atoms with van der Waals surface area (Å²) in [5, 5.41) is 6.95. The lowest BCUT2D eigenvalue weighted by atomic mass is 10.2. The Morgan fingerprint density at radius 1 is 1.42 bits per heavy atom. The quantitative estimate of drug-likeness (QED) is 0.857. The van der Waals surface area contributed by atoms with Crippen molar-refractivity contribution in [3.63, 3.8) is 0 Å². The highest BCUT2D eigenvalue weighted by Gasteiger charge is 2.32. The molecule has 1 aliphatic rings. The molecule has 26 heavy (non-hydrogen) atoms. The molecule has 0 aliphatic carbocycles. The molecule has 2 aromatic rings. The molecule has 1 N–H and O–H groups in total. The van der Waals surface area contributed by atoms with Crippen molar-refractivity contribution in [2.75, 3.05) is 18.0 Å². The molecular weight excluding hydrogens is 367 g/mol. The van der Waals surface area contributed by atoms with E-state index >= 15 is 0 Å². The Kier molecular flexibility index (Phi) is 5.40. The number of hydrogen-bond acceptors (Lipinski definition) is 6. The molecule has 1 aliphatic heterocycles. The molecule has 0 unspecified atom stereocenters. The molecule has 140 valence electrons. The lowest BCUT2D eigenvalue weighted by molar-refractivity contribution is -0.137. The fourth-order valence-corrected chi connectivity index (χ4v) is 3.47. The Hall–Kier alpha value is -2.23. The Balaban J connectivity index is 1.60. The molecule has 1 fully saturated rings. The zero-order chi connectivity index (χ0) is 18.7. The third kappa shape index (κ3) is 4.12. The maximum Gasteiger partial charge on any atom is 0.417 e. The summed E-state index contributed by atoms with van der Waals surface area (Å²) in [7, 11) is 0. The number of amides is 1. The van der Waals surface area contributed by atoms with Crippen LogP contribution in [0.2, 0.25) is 0 Å². The number of hydrogen-bond donors (Lipinski definition) is 1. The first-order valence-electron chi connectivity index (χ1n) is 8.28. The number of carbonyl (C=O) groups excluding carboxylic acids is 1. The normalized spacial score (nSPS) is 17.5. The average molecular weight is 385 g/mol. The van der Waals surface area contributed by atoms with Gasteiger partial charge in [-0.3, -0.25) is 4.79 Å². The summed E-state index contributed by atoms with van der Waals surface area (Å²) in [5.74, 6) is 0.275. The minimum atomic E-state index is -4.40. The predicted octanol–water partition coefficient (Wildman–Crippen LogP) is 2.91. The summed E-state index contributed by atoms with van der Waals surface area (Å²) in [6.45, 7) is 3.12. The smallest absolute Gasteiger partial charge is 0.354 e. The second kappa shape index (κ2) is 7.56. The van der Waals surface area contributed by atoms with Crippen LogP contribution in [0.25, 0.3) is 0 Å². The molecule has 0 radical (unpaired) electrons. The van der Waals surface area contributed by atoms with Crippen LogP contribution in [0.5, 0.6) is 0 Å². The van der Waals surface area contributed by atoms with Gasteiger partial charge in [0.1, 0.15) is 10.7 Å². The van der Waals surface area contributed by atoms with Crippen molar-refractivity contribution in [3.05, 3.63) is 34.5 Å². The van der Waals surface area contributed by atoms with Gasteiger partial charge < -0.3 is 10.2 Å². The molecule has 1 amide bonds. The van der Waals surface area contributed by atoms with E-state index in [4.69, 9.17) is 0 Å². The van der Waals surface area contributed by atoms with Gasteiger partial charge in [0, 0.05) is 25.3 Å². The monoisotopic (exact) mass is 385 g/mol. The predicted molar refractivity (Wildman–Crippen MR) is 91.2 cm³/mol. The average Bonchev–Trinajstić information content (AvgIpc) is 3.24. The standard InChI is InChI=1S/C16H18F3N5OS/c1-2-3-12-14(26-23-22-12)15(25)21-11-6-7-24(9-11)13-5-4-10(8-20-13)16(17,18)19/h4-5,8,11H,2-3,6-7,9H2,1H3,(H,21,25)/t11-/m1/s1. The van der Waals surface area contributed by atoms with Crippen LogP contribution in [0.4, 0.5) is 19.0 Å². The summed E-state index contributed by atoms with van der Waals surface area (Å²) in [5.41, 5.74) is -0.0688. The topological polar surface area (TPSA) is 71.0 Å². The molecule has 6 nitrogen and oxygen atoms in total. The van der Waals surface area contributed by atoms with E-state index in [0.717, 1.165) is 30.2 Å². The van der Waals surface area contributed by atoms with Crippen molar-refractivity contribution in [3.8, 4) is 0 Å². The van der Waals surface area contributed by atoms with Gasteiger partial charge >= 0.3 is 6.18 Å². The number of aromatic nitrogens is 3. The fraction of sp³-hybridized carbons (Fsp3) is 0.500. The lowest BCUT2D eigenvalue weighted by Crippen LogP contribution is -2.37. The van der Waals surface area contributed by atoms with Crippen LogP contribution in [0.3, 0.4) is 0 Å². The summed E-state index contributed by atoms with van der Waals surface area (Å²) in [6.07, 6.45) is -1.29. The van der Waals surface area contributed by atoms with E-state index in [0.29, 0.717) is 42.3 Å². The number of nitrogens with one attached hydrogen (secondary N) is 1. The van der Waals surface area contributed by atoms with Crippen LogP contribution in [-0.4, -0.2) is 39.6 Å². The second-order valence-corrected chi connectivity index (χ2v) is 6.86. The summed E-state index contributed by atoms with van der Waals surface area (Å²) < 4.78 is 41.7. The minimum Gasteiger partial charge on any atom is -0.354 e. The number of carbonyl (C=O) groups is 1. The molecule has 10 heteroatoms. The number of pyridine rings is 1. The van der Waals surface area contributed by atoms with E-state index in [1.807, 2.05) is 11.8 Å². The van der Waals surface area contributed by atoms with Gasteiger partial charge in [0.2, 0.25) is 0 Å². The number of aryl methyl sites for hydroxylation is 1. The van der Waals surface area contributed by atoms with E-state index in [1.54, 1.807) is 0 Å². The molecular formula is C16H18F3N5OS. The Bertz CT molecular complexity index is 762. The molecule has 2 aromatic heterocycles. The SMILES string of the molecule is CCCc1nnsc1C(=O)N[C@@H]1CCN(c2ccc(C(F)(F)F)cn2)C1. The van der Waals surface area contributed by atoms with Gasteiger partial charge in [-0.15, -0.1) is 5.10 Å². The van der Waals surface area contributed by atoms with Gasteiger partial charge in [0.05, 0.1) is 11.3 Å². The van der Waals surface area contributed by atoms with E-state index in [2.05, 4.69) is 19.9 Å². The van der Waals surface area contributed by atoms with Crippen molar-refractivity contribution >= 4 is 23.3 Å². The van der Waals surface area contributed by atoms with Gasteiger partial charge in [-0.1, -0.05) is 17.8 Å². The van der Waals surface area contributed by atoms with Crippen LogP contribution < -0.4 is 10.2 Å². The highest BCUT2D eigenvalue weighted by Crippen LogP contribution is 2.30. The number of halogens is 3. The molecule has 1 atom stereocenters. The van der Waals surface area contributed by atoms with Gasteiger partial charge in [-0.05, 0) is 36.5 Å². The van der Waals surface area contributed by atoms with Crippen LogP contribution in [0.1, 0.15) is 40.7 Å². The summed E-state index contributed by atoms with van der Waals surface area (Å²) in [4.78, 5) is 18.7. The van der Waals surface area contributed by atoms with E-state index in [1.165, 1.54) is 6.07 Å². The molecule has 0 spiro atoms. The maximum atomic E-state index is 12.6. The maximum absolute atomic E-state index is 12.6. The van der Waals surface area contributed by atoms with Crippen molar-refractivity contribution in [2.24, 2.45) is 0 Å². The highest BCUT2D eigenvalue weighted by molar-refractivity contribution is 7.08. The summed E-state index contributed by atoms with van der Waals surface area (Å²) in [6, 6.07) is 2.29. The van der Waals surface area contributed by atoms with Crippen molar-refractivity contribution in [2.45, 2.75) is 38.4 Å². The molecule has 3 heterocycles. The Labute approximate surface area is 152 Å². The van der Waals surface area contributed by atoms with E-state index in [9.17, 15) is 18.0 Å². The second-order valence-electron chi connectivity index (χ2n) is 6.11. The van der Waals surface area contributed by atoms with Crippen LogP contribution >= 0.6 is 11.5 Å². The first-order chi connectivity index (χ1) is 12.4. The summed E-state index contributed by atoms with van der Waals surface area (Å²) >= 11 is 1.08. The van der Waals surface area contributed by atoms with Gasteiger partial charge in [-0.2, -0.15) is 13.2 Å². The minimum absolute atomic E-state index is 0.0943. The Morgan fingerprint density at radius 3 is 2.88 bits per heavy atom. The largest absolute Gasteiger partial charge is 0.417 e. The van der Waals surface area contributed by atoms with Gasteiger partial charge in [-0.25, -0.2) is 4.98 Å². The van der Waals surface area contributed by atoms with Crippen molar-refractivity contribution < 1.29 is 18.0 Å². The van der Waals surface area contributed by atoms with E-state index < -0.39 is 11.7 Å². The lowest BCUT2D eigenvalue weighted by Gasteiger charge is -2.18. The first kappa shape index (κ1) is 18.6. The highest BCUT2D eigenvalue weighted by atomic mass is 32.1. The Morgan fingerprint density at radius 2 is 2.23 bits per heavy atom. The molecule has 0 aromatic carbocycles. The molecule has 0 bridgehead atoms. The number of rotatable bonds is 5. The van der Waals surface area contributed by atoms with Crippen LogP contribution in [0, 0.1) is 0 Å². The first-order valence-corrected chi connectivity index (χ1v) is 9.06. The fourth-order valence-electron chi connectivity index (χ4n) is 2.86. The number of alkyl halides is 3. The molecule has 0 saturated carbocycles. The third-order valence-electron chi connectivity index (χ3n) is 4.17. The zero-order valence-corrected chi connectivity index (χ0v) is 14.9. The van der Waals surface area contributed by atoms with Crippen molar-refractivity contribution in [1.82, 2.24) is 19.9 Å². The van der Waals surface area contributed by atoms with Crippen LogP contribution in [0.15, 0.2) is 18.3 Å². The number of anilines is 1. The van der Waals surface area contributed by atoms with E-state index in [-0.39, 0.29) is 11.9 Å². The van der Waals surface area contributed by atoms with Gasteiger partial charge in [0.15, 0.2) is 0 Å². The van der Waals surface area contributed by atoms with Crippen LogP contribution in [-0.2, 0) is 12.6 Å². The third-order valence-corrected chi connectivity index (χ3v) is 4.94. The van der Waals surface area contributed by atoms with Crippen molar-refractivity contribution in [1.29, 1.82) is 0 Å². The van der Waals surface area contributed by atoms with Gasteiger partial charge in [0.25, 0.3) is 5.91 Å². The zero-order valence-electron chi connectivity index (χ0n) is 14.1. The molecule has 3 rings (SSSR count).